The molecule has 1 amide bonds. The predicted octanol–water partition coefficient (Wildman–Crippen LogP) is 2.62. The Bertz CT molecular complexity index is 868. The summed E-state index contributed by atoms with van der Waals surface area (Å²) in [6.45, 7) is 3.50. The summed E-state index contributed by atoms with van der Waals surface area (Å²) in [6, 6.07) is 2.23. The third-order valence-electron chi connectivity index (χ3n) is 3.66. The average molecular weight is 398 g/mol. The van der Waals surface area contributed by atoms with Gasteiger partial charge in [-0.05, 0) is 6.07 Å². The number of nitrogens with zero attached hydrogens (tertiary/aromatic N) is 4. The SMILES string of the molecule is C=C(F)C(=O)N1CC(Nc2nccnc2Nc2ccc(OC(F)(F)F)nc2)C1. The summed E-state index contributed by atoms with van der Waals surface area (Å²) in [5, 5.41) is 5.94. The smallest absolute Gasteiger partial charge is 0.388 e. The highest BCUT2D eigenvalue weighted by Gasteiger charge is 2.33. The Morgan fingerprint density at radius 3 is 2.43 bits per heavy atom. The fourth-order valence-corrected chi connectivity index (χ4v) is 2.41. The Hall–Kier alpha value is -3.44. The highest BCUT2D eigenvalue weighted by Crippen LogP contribution is 2.25. The molecule has 0 atom stereocenters. The lowest BCUT2D eigenvalue weighted by Crippen LogP contribution is -2.57. The van der Waals surface area contributed by atoms with Crippen LogP contribution in [0.25, 0.3) is 0 Å². The minimum Gasteiger partial charge on any atom is -0.388 e. The number of pyridine rings is 1. The third-order valence-corrected chi connectivity index (χ3v) is 3.66. The Labute approximate surface area is 156 Å². The fourth-order valence-electron chi connectivity index (χ4n) is 2.41. The molecule has 28 heavy (non-hydrogen) atoms. The van der Waals surface area contributed by atoms with E-state index in [1.807, 2.05) is 0 Å². The lowest BCUT2D eigenvalue weighted by Gasteiger charge is -2.39. The first-order valence-electron chi connectivity index (χ1n) is 7.91. The van der Waals surface area contributed by atoms with Gasteiger partial charge in [0.15, 0.2) is 17.5 Å². The van der Waals surface area contributed by atoms with Gasteiger partial charge in [0.1, 0.15) is 0 Å². The van der Waals surface area contributed by atoms with E-state index in [1.165, 1.54) is 23.4 Å². The molecule has 0 saturated carbocycles. The van der Waals surface area contributed by atoms with Crippen LogP contribution in [0.2, 0.25) is 0 Å². The van der Waals surface area contributed by atoms with Gasteiger partial charge in [-0.25, -0.2) is 19.3 Å². The second-order valence-corrected chi connectivity index (χ2v) is 5.77. The molecule has 1 aliphatic heterocycles. The minimum absolute atomic E-state index is 0.166. The molecule has 1 saturated heterocycles. The number of rotatable bonds is 6. The topological polar surface area (TPSA) is 92.3 Å². The van der Waals surface area contributed by atoms with Crippen LogP contribution in [-0.4, -0.2) is 51.3 Å². The Balaban J connectivity index is 1.62. The lowest BCUT2D eigenvalue weighted by molar-refractivity contribution is -0.276. The van der Waals surface area contributed by atoms with Crippen molar-refractivity contribution in [1.29, 1.82) is 0 Å². The molecule has 0 spiro atoms. The van der Waals surface area contributed by atoms with Gasteiger partial charge in [-0.15, -0.1) is 13.2 Å². The maximum absolute atomic E-state index is 12.8. The van der Waals surface area contributed by atoms with Gasteiger partial charge in [-0.3, -0.25) is 4.79 Å². The Morgan fingerprint density at radius 1 is 1.18 bits per heavy atom. The molecular formula is C16H14F4N6O2. The summed E-state index contributed by atoms with van der Waals surface area (Å²) in [5.74, 6) is -1.72. The zero-order chi connectivity index (χ0) is 20.3. The van der Waals surface area contributed by atoms with E-state index in [-0.39, 0.29) is 19.1 Å². The van der Waals surface area contributed by atoms with Gasteiger partial charge in [0.2, 0.25) is 5.88 Å². The molecule has 2 aromatic heterocycles. The Kier molecular flexibility index (Phi) is 5.29. The minimum atomic E-state index is -4.82. The molecule has 2 aromatic rings. The summed E-state index contributed by atoms with van der Waals surface area (Å²) in [4.78, 5) is 24.6. The van der Waals surface area contributed by atoms with E-state index < -0.39 is 24.0 Å². The van der Waals surface area contributed by atoms with Gasteiger partial charge in [0, 0.05) is 31.5 Å². The van der Waals surface area contributed by atoms with Crippen molar-refractivity contribution in [2.24, 2.45) is 0 Å². The largest absolute Gasteiger partial charge is 0.574 e. The van der Waals surface area contributed by atoms with Crippen LogP contribution < -0.4 is 15.4 Å². The molecule has 8 nitrogen and oxygen atoms in total. The van der Waals surface area contributed by atoms with Gasteiger partial charge in [-0.1, -0.05) is 6.58 Å². The van der Waals surface area contributed by atoms with Crippen LogP contribution in [0.4, 0.5) is 34.9 Å². The Morgan fingerprint density at radius 2 is 1.86 bits per heavy atom. The normalized spacial score (nSPS) is 14.2. The van der Waals surface area contributed by atoms with Gasteiger partial charge < -0.3 is 20.3 Å². The number of carbonyl (C=O) groups is 1. The number of carbonyl (C=O) groups excluding carboxylic acids is 1. The van der Waals surface area contributed by atoms with Crippen molar-refractivity contribution in [1.82, 2.24) is 19.9 Å². The number of hydrogen-bond acceptors (Lipinski definition) is 7. The number of amides is 1. The van der Waals surface area contributed by atoms with Crippen molar-refractivity contribution >= 4 is 23.2 Å². The zero-order valence-corrected chi connectivity index (χ0v) is 14.2. The number of anilines is 3. The van der Waals surface area contributed by atoms with Crippen LogP contribution >= 0.6 is 0 Å². The van der Waals surface area contributed by atoms with Crippen LogP contribution in [0.3, 0.4) is 0 Å². The number of nitrogens with one attached hydrogen (secondary N) is 2. The van der Waals surface area contributed by atoms with Crippen LogP contribution in [0.15, 0.2) is 43.1 Å². The first-order valence-corrected chi connectivity index (χ1v) is 7.91. The van der Waals surface area contributed by atoms with E-state index in [9.17, 15) is 22.4 Å². The standard InChI is InChI=1S/C16H14F4N6O2/c1-9(17)15(27)26-7-11(8-26)25-14-13(21-4-5-22-14)24-10-2-3-12(23-6-10)28-16(18,19)20/h2-6,11H,1,7-8H2,(H,21,24)(H,22,25). The summed E-state index contributed by atoms with van der Waals surface area (Å²) in [5.41, 5.74) is 0.359. The van der Waals surface area contributed by atoms with Gasteiger partial charge >= 0.3 is 6.36 Å². The van der Waals surface area contributed by atoms with E-state index >= 15 is 0 Å². The van der Waals surface area contributed by atoms with Gasteiger partial charge in [0.25, 0.3) is 5.91 Å². The maximum Gasteiger partial charge on any atom is 0.574 e. The first kappa shape index (κ1) is 19.3. The van der Waals surface area contributed by atoms with Crippen LogP contribution in [0, 0.1) is 0 Å². The van der Waals surface area contributed by atoms with E-state index in [1.54, 1.807) is 0 Å². The van der Waals surface area contributed by atoms with Crippen LogP contribution in [-0.2, 0) is 4.79 Å². The molecule has 0 aromatic carbocycles. The van der Waals surface area contributed by atoms with E-state index in [4.69, 9.17) is 0 Å². The van der Waals surface area contributed by atoms with Crippen molar-refractivity contribution in [3.05, 3.63) is 43.1 Å². The summed E-state index contributed by atoms with van der Waals surface area (Å²) in [6.07, 6.45) is -0.810. The molecule has 148 valence electrons. The quantitative estimate of drug-likeness (QED) is 0.571. The number of halogens is 4. The maximum atomic E-state index is 12.8. The molecular weight excluding hydrogens is 384 g/mol. The van der Waals surface area contributed by atoms with Crippen LogP contribution in [0.5, 0.6) is 5.88 Å². The second kappa shape index (κ2) is 7.66. The summed E-state index contributed by atoms with van der Waals surface area (Å²) < 4.78 is 53.0. The lowest BCUT2D eigenvalue weighted by atomic mass is 10.1. The zero-order valence-electron chi connectivity index (χ0n) is 14.2. The molecule has 2 N–H and O–H groups in total. The number of ether oxygens (including phenoxy) is 1. The number of likely N-dealkylation sites (tertiary alicyclic amines) is 1. The average Bonchev–Trinajstić information content (AvgIpc) is 2.59. The molecule has 1 fully saturated rings. The van der Waals surface area contributed by atoms with Gasteiger partial charge in [-0.2, -0.15) is 0 Å². The van der Waals surface area contributed by atoms with E-state index in [2.05, 4.69) is 36.9 Å². The highest BCUT2D eigenvalue weighted by atomic mass is 19.4. The predicted molar refractivity (Wildman–Crippen MR) is 90.5 cm³/mol. The number of aromatic nitrogens is 3. The van der Waals surface area contributed by atoms with Crippen molar-refractivity contribution in [2.75, 3.05) is 23.7 Å². The molecule has 0 bridgehead atoms. The molecule has 0 unspecified atom stereocenters. The van der Waals surface area contributed by atoms with Crippen molar-refractivity contribution in [3.63, 3.8) is 0 Å². The van der Waals surface area contributed by atoms with E-state index in [0.717, 1.165) is 12.3 Å². The fraction of sp³-hybridized carbons (Fsp3) is 0.250. The molecule has 0 radical (unpaired) electrons. The van der Waals surface area contributed by atoms with E-state index in [0.29, 0.717) is 17.3 Å². The summed E-state index contributed by atoms with van der Waals surface area (Å²) >= 11 is 0. The second-order valence-electron chi connectivity index (χ2n) is 5.77. The monoisotopic (exact) mass is 398 g/mol. The summed E-state index contributed by atoms with van der Waals surface area (Å²) in [7, 11) is 0. The number of hydrogen-bond donors (Lipinski definition) is 2. The molecule has 3 heterocycles. The van der Waals surface area contributed by atoms with Crippen LogP contribution in [0.1, 0.15) is 0 Å². The van der Waals surface area contributed by atoms with Gasteiger partial charge in [0.05, 0.1) is 17.9 Å². The highest BCUT2D eigenvalue weighted by molar-refractivity contribution is 5.91. The number of alkyl halides is 3. The first-order chi connectivity index (χ1) is 13.2. The molecule has 3 rings (SSSR count). The molecule has 12 heteroatoms. The van der Waals surface area contributed by atoms with Crippen molar-refractivity contribution < 1.29 is 27.1 Å². The molecule has 0 aliphatic carbocycles. The van der Waals surface area contributed by atoms with Crippen molar-refractivity contribution in [3.8, 4) is 5.88 Å². The molecule has 1 aliphatic rings. The van der Waals surface area contributed by atoms with Crippen molar-refractivity contribution in [2.45, 2.75) is 12.4 Å². The third kappa shape index (κ3) is 4.84.